The average molecular weight is 275 g/mol. The van der Waals surface area contributed by atoms with Crippen LogP contribution >= 0.6 is 11.6 Å². The Morgan fingerprint density at radius 1 is 1.67 bits per heavy atom. The molecule has 0 amide bonds. The number of nitriles is 1. The molecule has 1 rings (SSSR count). The first-order valence-corrected chi connectivity index (χ1v) is 5.53. The smallest absolute Gasteiger partial charge is 0.356 e. The number of carbonyl (C=O) groups is 1. The van der Waals surface area contributed by atoms with E-state index in [0.29, 0.717) is 0 Å². The fourth-order valence-electron chi connectivity index (χ4n) is 1.33. The van der Waals surface area contributed by atoms with Crippen molar-refractivity contribution in [3.63, 3.8) is 0 Å². The van der Waals surface area contributed by atoms with E-state index in [1.165, 1.54) is 0 Å². The van der Waals surface area contributed by atoms with Gasteiger partial charge in [-0.25, -0.2) is 18.6 Å². The Kier molecular flexibility index (Phi) is 4.98. The molecule has 0 aliphatic carbocycles. The van der Waals surface area contributed by atoms with E-state index in [2.05, 4.69) is 9.72 Å². The van der Waals surface area contributed by atoms with Gasteiger partial charge in [0.2, 0.25) is 0 Å². The molecule has 0 bridgehead atoms. The highest BCUT2D eigenvalue weighted by molar-refractivity contribution is 6.17. The Bertz CT molecular complexity index is 501. The van der Waals surface area contributed by atoms with Gasteiger partial charge in [0.05, 0.1) is 12.5 Å². The molecule has 0 radical (unpaired) electrons. The van der Waals surface area contributed by atoms with Crippen molar-refractivity contribution in [2.45, 2.75) is 19.2 Å². The molecule has 0 unspecified atom stereocenters. The second kappa shape index (κ2) is 6.26. The van der Waals surface area contributed by atoms with Crippen LogP contribution in [0.25, 0.3) is 0 Å². The third-order valence-electron chi connectivity index (χ3n) is 2.12. The lowest BCUT2D eigenvalue weighted by Crippen LogP contribution is -2.11. The summed E-state index contributed by atoms with van der Waals surface area (Å²) in [6.45, 7) is 1.66. The van der Waals surface area contributed by atoms with Gasteiger partial charge in [0.1, 0.15) is 17.5 Å². The molecule has 0 saturated carbocycles. The molecule has 0 saturated heterocycles. The lowest BCUT2D eigenvalue weighted by molar-refractivity contribution is 0.0518. The van der Waals surface area contributed by atoms with E-state index in [1.807, 2.05) is 0 Å². The Labute approximate surface area is 107 Å². The van der Waals surface area contributed by atoms with E-state index in [1.54, 1.807) is 13.0 Å². The van der Waals surface area contributed by atoms with Crippen LogP contribution in [0.15, 0.2) is 6.07 Å². The fourth-order valence-corrected chi connectivity index (χ4v) is 1.61. The first-order valence-electron chi connectivity index (χ1n) is 5.00. The summed E-state index contributed by atoms with van der Waals surface area (Å²) in [5.41, 5.74) is -1.15. The minimum absolute atomic E-state index is 0.0674. The molecule has 1 aromatic rings. The van der Waals surface area contributed by atoms with E-state index >= 15 is 0 Å². The Morgan fingerprint density at radius 2 is 2.33 bits per heavy atom. The normalized spacial score (nSPS) is 10.2. The Hall–Kier alpha value is -1.74. The highest BCUT2D eigenvalue weighted by atomic mass is 35.5. The quantitative estimate of drug-likeness (QED) is 0.625. The van der Waals surface area contributed by atoms with Gasteiger partial charge in [-0.05, 0) is 13.0 Å². The van der Waals surface area contributed by atoms with E-state index in [9.17, 15) is 13.6 Å². The standard InChI is InChI=1S/C11H9ClF2N2O2/c1-2-18-11(17)8-3-6(10(13)14)7(4-12)9(5-15)16-8/h3,10H,2,4H2,1H3. The first-order chi connectivity index (χ1) is 8.54. The number of rotatable bonds is 4. The number of nitrogens with zero attached hydrogens (tertiary/aromatic N) is 2. The van der Waals surface area contributed by atoms with Crippen LogP contribution in [0.1, 0.15) is 40.7 Å². The minimum atomic E-state index is -2.85. The molecule has 0 spiro atoms. The molecule has 96 valence electrons. The van der Waals surface area contributed by atoms with Crippen molar-refractivity contribution in [1.29, 1.82) is 5.26 Å². The van der Waals surface area contributed by atoms with Crippen LogP contribution in [-0.4, -0.2) is 17.6 Å². The van der Waals surface area contributed by atoms with Gasteiger partial charge in [0.25, 0.3) is 6.43 Å². The number of aromatic nitrogens is 1. The summed E-state index contributed by atoms with van der Waals surface area (Å²) in [6, 6.07) is 2.55. The number of carbonyl (C=O) groups excluding carboxylic acids is 1. The van der Waals surface area contributed by atoms with Crippen LogP contribution in [0, 0.1) is 11.3 Å². The molecule has 18 heavy (non-hydrogen) atoms. The van der Waals surface area contributed by atoms with Crippen molar-refractivity contribution in [3.8, 4) is 6.07 Å². The zero-order valence-electron chi connectivity index (χ0n) is 9.41. The molecule has 4 nitrogen and oxygen atoms in total. The molecule has 0 aromatic carbocycles. The van der Waals surface area contributed by atoms with E-state index in [4.69, 9.17) is 16.9 Å². The van der Waals surface area contributed by atoms with E-state index in [0.717, 1.165) is 6.07 Å². The Balaban J connectivity index is 3.37. The average Bonchev–Trinajstić information content (AvgIpc) is 2.37. The van der Waals surface area contributed by atoms with Gasteiger partial charge in [0.15, 0.2) is 0 Å². The highest BCUT2D eigenvalue weighted by Crippen LogP contribution is 2.27. The van der Waals surface area contributed by atoms with Crippen LogP contribution in [0.2, 0.25) is 0 Å². The van der Waals surface area contributed by atoms with Crippen molar-refractivity contribution in [3.05, 3.63) is 28.6 Å². The van der Waals surface area contributed by atoms with Crippen molar-refractivity contribution < 1.29 is 18.3 Å². The van der Waals surface area contributed by atoms with Crippen LogP contribution in [0.4, 0.5) is 8.78 Å². The van der Waals surface area contributed by atoms with Crippen molar-refractivity contribution in [2.24, 2.45) is 0 Å². The molecule has 0 aliphatic heterocycles. The zero-order chi connectivity index (χ0) is 13.7. The largest absolute Gasteiger partial charge is 0.461 e. The first kappa shape index (κ1) is 14.3. The van der Waals surface area contributed by atoms with Crippen LogP contribution in [0.5, 0.6) is 0 Å². The zero-order valence-corrected chi connectivity index (χ0v) is 10.2. The number of ether oxygens (including phenoxy) is 1. The molecule has 0 atom stereocenters. The maximum absolute atomic E-state index is 12.8. The molecule has 0 aliphatic rings. The second-order valence-corrected chi connectivity index (χ2v) is 3.46. The van der Waals surface area contributed by atoms with Crippen LogP contribution < -0.4 is 0 Å². The number of hydrogen-bond acceptors (Lipinski definition) is 4. The van der Waals surface area contributed by atoms with Crippen molar-refractivity contribution >= 4 is 17.6 Å². The van der Waals surface area contributed by atoms with E-state index in [-0.39, 0.29) is 29.4 Å². The monoisotopic (exact) mass is 274 g/mol. The predicted molar refractivity (Wildman–Crippen MR) is 59.4 cm³/mol. The molecular weight excluding hydrogens is 266 g/mol. The lowest BCUT2D eigenvalue weighted by Gasteiger charge is -2.10. The minimum Gasteiger partial charge on any atom is -0.461 e. The molecular formula is C11H9ClF2N2O2. The SMILES string of the molecule is CCOC(=O)c1cc(C(F)F)c(CCl)c(C#N)n1. The summed E-state index contributed by atoms with van der Waals surface area (Å²) in [5.74, 6) is -1.13. The van der Waals surface area contributed by atoms with Gasteiger partial charge in [-0.2, -0.15) is 5.26 Å². The van der Waals surface area contributed by atoms with Crippen LogP contribution in [-0.2, 0) is 10.6 Å². The summed E-state index contributed by atoms with van der Waals surface area (Å²) in [6.07, 6.45) is -2.85. The summed E-state index contributed by atoms with van der Waals surface area (Å²) in [5, 5.41) is 8.82. The maximum Gasteiger partial charge on any atom is 0.356 e. The Morgan fingerprint density at radius 3 is 2.78 bits per heavy atom. The molecule has 1 heterocycles. The highest BCUT2D eigenvalue weighted by Gasteiger charge is 2.21. The summed E-state index contributed by atoms with van der Waals surface area (Å²) < 4.78 is 30.3. The molecule has 7 heteroatoms. The van der Waals surface area contributed by atoms with E-state index < -0.39 is 18.0 Å². The fraction of sp³-hybridized carbons (Fsp3) is 0.364. The maximum atomic E-state index is 12.8. The third-order valence-corrected chi connectivity index (χ3v) is 2.39. The van der Waals surface area contributed by atoms with Gasteiger partial charge < -0.3 is 4.74 Å². The number of pyridine rings is 1. The summed E-state index contributed by atoms with van der Waals surface area (Å²) in [4.78, 5) is 15.1. The lowest BCUT2D eigenvalue weighted by atomic mass is 10.1. The third kappa shape index (κ3) is 2.93. The predicted octanol–water partition coefficient (Wildman–Crippen LogP) is 2.81. The molecule has 0 fully saturated rings. The van der Waals surface area contributed by atoms with Gasteiger partial charge in [-0.15, -0.1) is 11.6 Å². The molecule has 1 aromatic heterocycles. The topological polar surface area (TPSA) is 63.0 Å². The van der Waals surface area contributed by atoms with Gasteiger partial charge >= 0.3 is 5.97 Å². The number of esters is 1. The van der Waals surface area contributed by atoms with Crippen LogP contribution in [0.3, 0.4) is 0 Å². The number of halogens is 3. The second-order valence-electron chi connectivity index (χ2n) is 3.19. The van der Waals surface area contributed by atoms with Crippen molar-refractivity contribution in [2.75, 3.05) is 6.61 Å². The number of hydrogen-bond donors (Lipinski definition) is 0. The summed E-state index contributed by atoms with van der Waals surface area (Å²) >= 11 is 5.51. The van der Waals surface area contributed by atoms with Gasteiger partial charge in [-0.1, -0.05) is 0 Å². The van der Waals surface area contributed by atoms with Gasteiger partial charge in [0, 0.05) is 11.1 Å². The number of alkyl halides is 3. The molecule has 0 N–H and O–H groups in total. The summed E-state index contributed by atoms with van der Waals surface area (Å²) in [7, 11) is 0. The van der Waals surface area contributed by atoms with Gasteiger partial charge in [-0.3, -0.25) is 0 Å². The van der Waals surface area contributed by atoms with Crippen molar-refractivity contribution in [1.82, 2.24) is 4.98 Å².